The van der Waals surface area contributed by atoms with Gasteiger partial charge in [-0.3, -0.25) is 0 Å². The number of rotatable bonds is 0. The van der Waals surface area contributed by atoms with Gasteiger partial charge in [0.25, 0.3) is 0 Å². The average molecular weight is 258 g/mol. The lowest BCUT2D eigenvalue weighted by Crippen LogP contribution is -2.16. The Morgan fingerprint density at radius 3 is 1.53 bits per heavy atom. The molecular formula is C19H30. The van der Waals surface area contributed by atoms with Crippen molar-refractivity contribution in [2.24, 2.45) is 22.7 Å². The van der Waals surface area contributed by atoms with Crippen molar-refractivity contribution < 1.29 is 0 Å². The fourth-order valence-corrected chi connectivity index (χ4v) is 4.68. The Bertz CT molecular complexity index is 417. The minimum atomic E-state index is 0.352. The van der Waals surface area contributed by atoms with Crippen molar-refractivity contribution in [3.63, 3.8) is 0 Å². The molecule has 0 aromatic rings. The molecule has 2 saturated carbocycles. The van der Waals surface area contributed by atoms with Crippen molar-refractivity contribution >= 4 is 0 Å². The molecule has 2 unspecified atom stereocenters. The summed E-state index contributed by atoms with van der Waals surface area (Å²) in [7, 11) is 0. The van der Waals surface area contributed by atoms with Crippen LogP contribution in [0.3, 0.4) is 0 Å². The van der Waals surface area contributed by atoms with Crippen LogP contribution < -0.4 is 0 Å². The van der Waals surface area contributed by atoms with E-state index in [0.717, 1.165) is 11.8 Å². The smallest absolute Gasteiger partial charge is 0.00859 e. The first-order valence-electron chi connectivity index (χ1n) is 8.17. The SMILES string of the molecule is CC(C)(C)C1=C2C(=C(C(C)(C)C)C1)C1CCCC2C1. The highest BCUT2D eigenvalue weighted by atomic mass is 14.5. The molecule has 0 aliphatic heterocycles. The molecule has 0 aromatic carbocycles. The van der Waals surface area contributed by atoms with E-state index in [1.165, 1.54) is 32.1 Å². The van der Waals surface area contributed by atoms with Crippen LogP contribution in [-0.2, 0) is 0 Å². The van der Waals surface area contributed by atoms with Gasteiger partial charge in [0.15, 0.2) is 0 Å². The van der Waals surface area contributed by atoms with Crippen LogP contribution in [0.25, 0.3) is 0 Å². The summed E-state index contributed by atoms with van der Waals surface area (Å²) in [6.07, 6.45) is 7.09. The van der Waals surface area contributed by atoms with Crippen LogP contribution in [0.1, 0.15) is 73.6 Å². The number of allylic oxidation sites excluding steroid dienone is 4. The second kappa shape index (κ2) is 3.99. The van der Waals surface area contributed by atoms with Crippen LogP contribution in [0, 0.1) is 22.7 Å². The zero-order chi connectivity index (χ0) is 14.0. The standard InChI is InChI=1S/C19H30/c1-18(2,3)14-11-15(19(4,5)6)17-13-9-7-8-12(10-13)16(14)17/h12-13H,7-11H2,1-6H3. The summed E-state index contributed by atoms with van der Waals surface area (Å²) in [5.74, 6) is 1.81. The van der Waals surface area contributed by atoms with E-state index in [1.54, 1.807) is 11.1 Å². The quantitative estimate of drug-likeness (QED) is 0.508. The summed E-state index contributed by atoms with van der Waals surface area (Å²) in [4.78, 5) is 0. The third-order valence-electron chi connectivity index (χ3n) is 5.60. The molecule has 0 amide bonds. The molecule has 0 aromatic heterocycles. The fourth-order valence-electron chi connectivity index (χ4n) is 4.68. The third kappa shape index (κ3) is 2.03. The summed E-state index contributed by atoms with van der Waals surface area (Å²) < 4.78 is 0. The molecule has 0 saturated heterocycles. The highest BCUT2D eigenvalue weighted by Gasteiger charge is 2.46. The molecule has 19 heavy (non-hydrogen) atoms. The van der Waals surface area contributed by atoms with Gasteiger partial charge in [-0.25, -0.2) is 0 Å². The Hall–Kier alpha value is -0.520. The molecule has 2 fully saturated rings. The molecule has 0 nitrogen and oxygen atoms in total. The van der Waals surface area contributed by atoms with Gasteiger partial charge in [-0.15, -0.1) is 0 Å². The van der Waals surface area contributed by atoms with Gasteiger partial charge in [0.05, 0.1) is 0 Å². The third-order valence-corrected chi connectivity index (χ3v) is 5.60. The maximum atomic E-state index is 2.42. The monoisotopic (exact) mass is 258 g/mol. The van der Waals surface area contributed by atoms with E-state index in [1.807, 2.05) is 11.1 Å². The molecule has 0 radical (unpaired) electrons. The van der Waals surface area contributed by atoms with E-state index in [-0.39, 0.29) is 0 Å². The van der Waals surface area contributed by atoms with E-state index < -0.39 is 0 Å². The fraction of sp³-hybridized carbons (Fsp3) is 0.789. The number of fused-ring (bicyclic) bond motifs is 5. The lowest BCUT2D eigenvalue weighted by Gasteiger charge is -2.29. The van der Waals surface area contributed by atoms with Crippen molar-refractivity contribution in [3.8, 4) is 0 Å². The Morgan fingerprint density at radius 1 is 0.737 bits per heavy atom. The van der Waals surface area contributed by atoms with Crippen molar-refractivity contribution in [3.05, 3.63) is 22.3 Å². The highest BCUT2D eigenvalue weighted by molar-refractivity contribution is 5.56. The molecule has 0 heteroatoms. The first kappa shape index (κ1) is 13.5. The van der Waals surface area contributed by atoms with E-state index >= 15 is 0 Å². The van der Waals surface area contributed by atoms with Crippen molar-refractivity contribution in [1.29, 1.82) is 0 Å². The highest BCUT2D eigenvalue weighted by Crippen LogP contribution is 2.60. The molecule has 3 rings (SSSR count). The molecular weight excluding hydrogens is 228 g/mol. The van der Waals surface area contributed by atoms with Gasteiger partial charge >= 0.3 is 0 Å². The van der Waals surface area contributed by atoms with Crippen LogP contribution in [0.5, 0.6) is 0 Å². The number of hydrogen-bond acceptors (Lipinski definition) is 0. The van der Waals surface area contributed by atoms with Gasteiger partial charge < -0.3 is 0 Å². The topological polar surface area (TPSA) is 0 Å². The Morgan fingerprint density at radius 2 is 1.16 bits per heavy atom. The summed E-state index contributed by atoms with van der Waals surface area (Å²) >= 11 is 0. The predicted molar refractivity (Wildman–Crippen MR) is 83.0 cm³/mol. The molecule has 3 aliphatic carbocycles. The minimum absolute atomic E-state index is 0.352. The Balaban J connectivity index is 2.14. The average Bonchev–Trinajstić information content (AvgIpc) is 2.76. The Labute approximate surface area is 119 Å². The second-order valence-corrected chi connectivity index (χ2v) is 9.02. The first-order valence-corrected chi connectivity index (χ1v) is 8.17. The van der Waals surface area contributed by atoms with Crippen molar-refractivity contribution in [1.82, 2.24) is 0 Å². The van der Waals surface area contributed by atoms with E-state index in [4.69, 9.17) is 0 Å². The lowest BCUT2D eigenvalue weighted by molar-refractivity contribution is 0.370. The largest absolute Gasteiger partial charge is 0.0570 e. The first-order chi connectivity index (χ1) is 8.69. The van der Waals surface area contributed by atoms with Gasteiger partial charge in [0.2, 0.25) is 0 Å². The van der Waals surface area contributed by atoms with Crippen LogP contribution >= 0.6 is 0 Å². The van der Waals surface area contributed by atoms with Crippen LogP contribution in [0.4, 0.5) is 0 Å². The van der Waals surface area contributed by atoms with Gasteiger partial charge in [0, 0.05) is 0 Å². The van der Waals surface area contributed by atoms with Crippen molar-refractivity contribution in [2.45, 2.75) is 73.6 Å². The summed E-state index contributed by atoms with van der Waals surface area (Å²) in [6.45, 7) is 14.5. The van der Waals surface area contributed by atoms with E-state index in [0.29, 0.717) is 10.8 Å². The summed E-state index contributed by atoms with van der Waals surface area (Å²) in [6, 6.07) is 0. The number of hydrogen-bond donors (Lipinski definition) is 0. The molecule has 2 atom stereocenters. The Kier molecular flexibility index (Phi) is 2.83. The maximum absolute atomic E-state index is 2.42. The van der Waals surface area contributed by atoms with Gasteiger partial charge in [-0.2, -0.15) is 0 Å². The van der Waals surface area contributed by atoms with Gasteiger partial charge in [0.1, 0.15) is 0 Å². The predicted octanol–water partition coefficient (Wildman–Crippen LogP) is 5.90. The summed E-state index contributed by atoms with van der Waals surface area (Å²) in [5.41, 5.74) is 7.93. The van der Waals surface area contributed by atoms with Crippen LogP contribution in [-0.4, -0.2) is 0 Å². The molecule has 2 bridgehead atoms. The molecule has 0 N–H and O–H groups in total. The van der Waals surface area contributed by atoms with Crippen LogP contribution in [0.2, 0.25) is 0 Å². The van der Waals surface area contributed by atoms with E-state index in [2.05, 4.69) is 41.5 Å². The summed E-state index contributed by atoms with van der Waals surface area (Å²) in [5, 5.41) is 0. The van der Waals surface area contributed by atoms with Gasteiger partial charge in [-0.05, 0) is 59.5 Å². The second-order valence-electron chi connectivity index (χ2n) is 9.02. The normalized spacial score (nSPS) is 31.3. The zero-order valence-corrected chi connectivity index (χ0v) is 13.7. The zero-order valence-electron chi connectivity index (χ0n) is 13.7. The minimum Gasteiger partial charge on any atom is -0.0570 e. The van der Waals surface area contributed by atoms with Crippen LogP contribution in [0.15, 0.2) is 22.3 Å². The van der Waals surface area contributed by atoms with Crippen molar-refractivity contribution in [2.75, 3.05) is 0 Å². The molecule has 3 aliphatic rings. The van der Waals surface area contributed by atoms with Gasteiger partial charge in [-0.1, -0.05) is 59.1 Å². The molecule has 0 spiro atoms. The van der Waals surface area contributed by atoms with E-state index in [9.17, 15) is 0 Å². The lowest BCUT2D eigenvalue weighted by atomic mass is 9.76. The maximum Gasteiger partial charge on any atom is -0.00859 e. The molecule has 106 valence electrons. The molecule has 0 heterocycles.